The van der Waals surface area contributed by atoms with Gasteiger partial charge in [-0.1, -0.05) is 54.1 Å². The molecule has 4 nitrogen and oxygen atoms in total. The van der Waals surface area contributed by atoms with E-state index in [9.17, 15) is 9.59 Å². The Kier molecular flexibility index (Phi) is 5.55. The Labute approximate surface area is 134 Å². The largest absolute Gasteiger partial charge is 0.467 e. The molecular formula is C17H16ClNO3. The Morgan fingerprint density at radius 2 is 1.73 bits per heavy atom. The van der Waals surface area contributed by atoms with E-state index in [4.69, 9.17) is 16.3 Å². The fraction of sp³-hybridized carbons (Fsp3) is 0.176. The van der Waals surface area contributed by atoms with E-state index in [0.29, 0.717) is 10.6 Å². The Morgan fingerprint density at radius 3 is 2.32 bits per heavy atom. The minimum atomic E-state index is -0.814. The van der Waals surface area contributed by atoms with Crippen molar-refractivity contribution in [2.24, 2.45) is 0 Å². The Bertz CT molecular complexity index is 641. The SMILES string of the molecule is COC(=O)C(NC(=O)Cc1ccc(Cl)cc1)c1ccccc1. The van der Waals surface area contributed by atoms with Crippen LogP contribution < -0.4 is 5.32 Å². The fourth-order valence-electron chi connectivity index (χ4n) is 2.04. The maximum Gasteiger partial charge on any atom is 0.333 e. The molecule has 22 heavy (non-hydrogen) atoms. The van der Waals surface area contributed by atoms with Crippen molar-refractivity contribution >= 4 is 23.5 Å². The number of rotatable bonds is 5. The van der Waals surface area contributed by atoms with Crippen LogP contribution in [-0.4, -0.2) is 19.0 Å². The van der Waals surface area contributed by atoms with Gasteiger partial charge in [-0.3, -0.25) is 4.79 Å². The van der Waals surface area contributed by atoms with Gasteiger partial charge in [-0.2, -0.15) is 0 Å². The molecule has 1 atom stereocenters. The lowest BCUT2D eigenvalue weighted by atomic mass is 10.1. The van der Waals surface area contributed by atoms with Crippen molar-refractivity contribution in [1.29, 1.82) is 0 Å². The van der Waals surface area contributed by atoms with Crippen molar-refractivity contribution in [3.8, 4) is 0 Å². The van der Waals surface area contributed by atoms with Crippen LogP contribution in [0.4, 0.5) is 0 Å². The predicted molar refractivity (Wildman–Crippen MR) is 84.5 cm³/mol. The van der Waals surface area contributed by atoms with E-state index in [1.54, 1.807) is 48.5 Å². The molecule has 0 radical (unpaired) electrons. The first-order chi connectivity index (χ1) is 10.6. The highest BCUT2D eigenvalue weighted by molar-refractivity contribution is 6.30. The Hall–Kier alpha value is -2.33. The second-order valence-electron chi connectivity index (χ2n) is 4.74. The van der Waals surface area contributed by atoms with E-state index in [1.165, 1.54) is 7.11 Å². The molecule has 1 N–H and O–H groups in total. The molecule has 2 aromatic carbocycles. The summed E-state index contributed by atoms with van der Waals surface area (Å²) in [5.74, 6) is -0.766. The number of carbonyl (C=O) groups is 2. The summed E-state index contributed by atoms with van der Waals surface area (Å²) in [5, 5.41) is 3.31. The Morgan fingerprint density at radius 1 is 1.09 bits per heavy atom. The molecule has 0 saturated carbocycles. The molecule has 2 rings (SSSR count). The van der Waals surface area contributed by atoms with Crippen LogP contribution in [0.3, 0.4) is 0 Å². The third kappa shape index (κ3) is 4.33. The highest BCUT2D eigenvalue weighted by Crippen LogP contribution is 2.15. The van der Waals surface area contributed by atoms with Gasteiger partial charge in [-0.05, 0) is 23.3 Å². The normalized spacial score (nSPS) is 11.5. The topological polar surface area (TPSA) is 55.4 Å². The zero-order valence-corrected chi connectivity index (χ0v) is 12.8. The average Bonchev–Trinajstić information content (AvgIpc) is 2.55. The second-order valence-corrected chi connectivity index (χ2v) is 5.17. The van der Waals surface area contributed by atoms with Crippen LogP contribution in [0.5, 0.6) is 0 Å². The number of nitrogens with one attached hydrogen (secondary N) is 1. The van der Waals surface area contributed by atoms with E-state index >= 15 is 0 Å². The summed E-state index contributed by atoms with van der Waals surface area (Å²) in [6.07, 6.45) is 0.164. The van der Waals surface area contributed by atoms with Crippen LogP contribution in [-0.2, 0) is 20.7 Å². The lowest BCUT2D eigenvalue weighted by molar-refractivity contribution is -0.145. The second kappa shape index (κ2) is 7.61. The maximum atomic E-state index is 12.1. The number of ether oxygens (including phenoxy) is 1. The van der Waals surface area contributed by atoms with Gasteiger partial charge in [0.05, 0.1) is 13.5 Å². The molecule has 2 aromatic rings. The summed E-state index contributed by atoms with van der Waals surface area (Å²) in [7, 11) is 1.30. The molecule has 0 aromatic heterocycles. The van der Waals surface area contributed by atoms with Crippen LogP contribution >= 0.6 is 11.6 Å². The van der Waals surface area contributed by atoms with Gasteiger partial charge in [0, 0.05) is 5.02 Å². The lowest BCUT2D eigenvalue weighted by Gasteiger charge is -2.17. The first-order valence-electron chi connectivity index (χ1n) is 6.76. The van der Waals surface area contributed by atoms with Crippen LogP contribution in [0.2, 0.25) is 5.02 Å². The molecule has 0 spiro atoms. The molecule has 0 saturated heterocycles. The van der Waals surface area contributed by atoms with Gasteiger partial charge in [0.15, 0.2) is 6.04 Å². The average molecular weight is 318 g/mol. The van der Waals surface area contributed by atoms with Gasteiger partial charge >= 0.3 is 5.97 Å². The first-order valence-corrected chi connectivity index (χ1v) is 7.14. The smallest absolute Gasteiger partial charge is 0.333 e. The first kappa shape index (κ1) is 16.0. The van der Waals surface area contributed by atoms with Crippen LogP contribution in [0.15, 0.2) is 54.6 Å². The molecule has 0 bridgehead atoms. The number of benzene rings is 2. The third-order valence-corrected chi connectivity index (χ3v) is 3.41. The minimum Gasteiger partial charge on any atom is -0.467 e. The van der Waals surface area contributed by atoms with Gasteiger partial charge in [0.25, 0.3) is 0 Å². The summed E-state index contributed by atoms with van der Waals surface area (Å²) in [6.45, 7) is 0. The highest BCUT2D eigenvalue weighted by atomic mass is 35.5. The number of esters is 1. The van der Waals surface area contributed by atoms with Crippen LogP contribution in [0.25, 0.3) is 0 Å². The lowest BCUT2D eigenvalue weighted by Crippen LogP contribution is -2.35. The zero-order valence-electron chi connectivity index (χ0n) is 12.1. The molecule has 0 fully saturated rings. The summed E-state index contributed by atoms with van der Waals surface area (Å²) in [6, 6.07) is 15.2. The fourth-order valence-corrected chi connectivity index (χ4v) is 2.17. The van der Waals surface area contributed by atoms with E-state index in [2.05, 4.69) is 5.32 Å². The molecule has 0 aliphatic carbocycles. The van der Waals surface area contributed by atoms with Gasteiger partial charge in [-0.25, -0.2) is 4.79 Å². The van der Waals surface area contributed by atoms with Crippen molar-refractivity contribution in [2.75, 3.05) is 7.11 Å². The molecule has 1 amide bonds. The number of halogens is 1. The quantitative estimate of drug-likeness (QED) is 0.863. The van der Waals surface area contributed by atoms with E-state index in [-0.39, 0.29) is 12.3 Å². The van der Waals surface area contributed by atoms with Crippen molar-refractivity contribution in [3.63, 3.8) is 0 Å². The van der Waals surface area contributed by atoms with E-state index < -0.39 is 12.0 Å². The van der Waals surface area contributed by atoms with Gasteiger partial charge in [0.2, 0.25) is 5.91 Å². The molecule has 5 heteroatoms. The molecule has 0 aliphatic rings. The van der Waals surface area contributed by atoms with Gasteiger partial charge in [0.1, 0.15) is 0 Å². The van der Waals surface area contributed by atoms with Crippen molar-refractivity contribution < 1.29 is 14.3 Å². The molecule has 114 valence electrons. The Balaban J connectivity index is 2.08. The number of amides is 1. The van der Waals surface area contributed by atoms with Crippen LogP contribution in [0, 0.1) is 0 Å². The minimum absolute atomic E-state index is 0.164. The number of hydrogen-bond acceptors (Lipinski definition) is 3. The zero-order chi connectivity index (χ0) is 15.9. The summed E-state index contributed by atoms with van der Waals surface area (Å²) >= 11 is 5.81. The van der Waals surface area contributed by atoms with Crippen molar-refractivity contribution in [1.82, 2.24) is 5.32 Å². The molecule has 1 unspecified atom stereocenters. The summed E-state index contributed by atoms with van der Waals surface area (Å²) in [4.78, 5) is 24.0. The highest BCUT2D eigenvalue weighted by Gasteiger charge is 2.23. The number of hydrogen-bond donors (Lipinski definition) is 1. The monoisotopic (exact) mass is 317 g/mol. The van der Waals surface area contributed by atoms with Crippen LogP contribution in [0.1, 0.15) is 17.2 Å². The molecular weight excluding hydrogens is 302 g/mol. The number of carbonyl (C=O) groups excluding carboxylic acids is 2. The number of methoxy groups -OCH3 is 1. The van der Waals surface area contributed by atoms with Gasteiger partial charge < -0.3 is 10.1 Å². The standard InChI is InChI=1S/C17H16ClNO3/c1-22-17(21)16(13-5-3-2-4-6-13)19-15(20)11-12-7-9-14(18)10-8-12/h2-10,16H,11H2,1H3,(H,19,20). The summed E-state index contributed by atoms with van der Waals surface area (Å²) in [5.41, 5.74) is 1.50. The van der Waals surface area contributed by atoms with E-state index in [0.717, 1.165) is 5.56 Å². The van der Waals surface area contributed by atoms with Crippen molar-refractivity contribution in [3.05, 3.63) is 70.7 Å². The third-order valence-electron chi connectivity index (χ3n) is 3.15. The molecule has 0 aliphatic heterocycles. The molecule has 0 heterocycles. The predicted octanol–water partition coefficient (Wildman–Crippen LogP) is 2.91. The van der Waals surface area contributed by atoms with E-state index in [1.807, 2.05) is 6.07 Å². The summed E-state index contributed by atoms with van der Waals surface area (Å²) < 4.78 is 4.76. The maximum absolute atomic E-state index is 12.1. The van der Waals surface area contributed by atoms with Crippen molar-refractivity contribution in [2.45, 2.75) is 12.5 Å². The van der Waals surface area contributed by atoms with Gasteiger partial charge in [-0.15, -0.1) is 0 Å².